The van der Waals surface area contributed by atoms with E-state index in [-0.39, 0.29) is 32.1 Å². The lowest BCUT2D eigenvalue weighted by molar-refractivity contribution is -0.143. The molecule has 0 fully saturated rings. The van der Waals surface area contributed by atoms with E-state index >= 15 is 0 Å². The number of hydrogen-bond donors (Lipinski definition) is 7. The summed E-state index contributed by atoms with van der Waals surface area (Å²) in [5, 5.41) is 12.2. The molecule has 3 amide bonds. The average Bonchev–Trinajstić information content (AvgIpc) is 2.83. The standard InChI is InChI=1S/C23H38N6O8/c1-4-5-6-11-23(3,21(36)20(35)14(24)7-9-17(25)32)27-22(37)16(12-30)29-28-15(8-10-18(26)33)19(34)13(2)31/h4,14-16,28-30H,1,5-12,24H2,2-3H3,(H2,25,32)(H2,26,33)(H,27,37)/t14-,15-,16-,23+/m0/s1. The molecule has 4 atom stereocenters. The fraction of sp³-hybridized carbons (Fsp3) is 0.609. The van der Waals surface area contributed by atoms with Crippen LogP contribution in [0.25, 0.3) is 0 Å². The third-order valence-electron chi connectivity index (χ3n) is 5.52. The van der Waals surface area contributed by atoms with Crippen LogP contribution in [0, 0.1) is 0 Å². The molecule has 37 heavy (non-hydrogen) atoms. The Morgan fingerprint density at radius 2 is 1.49 bits per heavy atom. The van der Waals surface area contributed by atoms with Crippen molar-refractivity contribution < 1.29 is 38.7 Å². The quantitative estimate of drug-likeness (QED) is 0.0348. The van der Waals surface area contributed by atoms with Gasteiger partial charge in [0.1, 0.15) is 11.6 Å². The predicted octanol–water partition coefficient (Wildman–Crippen LogP) is -2.80. The zero-order valence-electron chi connectivity index (χ0n) is 21.2. The Labute approximate surface area is 215 Å². The van der Waals surface area contributed by atoms with E-state index in [1.165, 1.54) is 6.92 Å². The second kappa shape index (κ2) is 16.4. The van der Waals surface area contributed by atoms with E-state index in [0.717, 1.165) is 6.92 Å². The van der Waals surface area contributed by atoms with Crippen LogP contribution in [0.1, 0.15) is 58.8 Å². The Balaban J connectivity index is 5.64. The summed E-state index contributed by atoms with van der Waals surface area (Å²) in [5.41, 5.74) is 19.0. The van der Waals surface area contributed by atoms with Crippen LogP contribution in [0.15, 0.2) is 12.7 Å². The van der Waals surface area contributed by atoms with Crippen LogP contribution >= 0.6 is 0 Å². The van der Waals surface area contributed by atoms with Gasteiger partial charge in [-0.15, -0.1) is 6.58 Å². The number of allylic oxidation sites excluding steroid dienone is 1. The van der Waals surface area contributed by atoms with Crippen LogP contribution in [-0.2, 0) is 33.6 Å². The Hall–Kier alpha value is -3.33. The van der Waals surface area contributed by atoms with E-state index in [0.29, 0.717) is 12.8 Å². The average molecular weight is 527 g/mol. The number of aliphatic hydroxyl groups excluding tert-OH is 1. The van der Waals surface area contributed by atoms with Crippen LogP contribution in [-0.4, -0.2) is 76.2 Å². The minimum atomic E-state index is -1.73. The van der Waals surface area contributed by atoms with Gasteiger partial charge in [0, 0.05) is 19.8 Å². The van der Waals surface area contributed by atoms with Crippen molar-refractivity contribution in [2.45, 2.75) is 82.5 Å². The molecule has 0 radical (unpaired) electrons. The van der Waals surface area contributed by atoms with Gasteiger partial charge in [0.2, 0.25) is 35.1 Å². The van der Waals surface area contributed by atoms with E-state index in [1.54, 1.807) is 6.08 Å². The smallest absolute Gasteiger partial charge is 0.241 e. The number of unbranched alkanes of at least 4 members (excludes halogenated alkanes) is 1. The Morgan fingerprint density at radius 1 is 0.946 bits per heavy atom. The van der Waals surface area contributed by atoms with Crippen LogP contribution in [0.4, 0.5) is 0 Å². The summed E-state index contributed by atoms with van der Waals surface area (Å²) < 4.78 is 0. The molecule has 0 aliphatic heterocycles. The van der Waals surface area contributed by atoms with Crippen LogP contribution in [0.3, 0.4) is 0 Å². The number of hydrazine groups is 1. The highest BCUT2D eigenvalue weighted by molar-refractivity contribution is 6.42. The predicted molar refractivity (Wildman–Crippen MR) is 132 cm³/mol. The maximum Gasteiger partial charge on any atom is 0.241 e. The lowest BCUT2D eigenvalue weighted by Crippen LogP contribution is -2.63. The molecule has 0 saturated carbocycles. The molecule has 0 unspecified atom stereocenters. The molecule has 0 heterocycles. The van der Waals surface area contributed by atoms with E-state index in [2.05, 4.69) is 22.7 Å². The van der Waals surface area contributed by atoms with Gasteiger partial charge < -0.3 is 27.6 Å². The summed E-state index contributed by atoms with van der Waals surface area (Å²) >= 11 is 0. The van der Waals surface area contributed by atoms with E-state index in [4.69, 9.17) is 17.2 Å². The van der Waals surface area contributed by atoms with Gasteiger partial charge in [0.05, 0.1) is 18.7 Å². The van der Waals surface area contributed by atoms with Crippen LogP contribution in [0.2, 0.25) is 0 Å². The van der Waals surface area contributed by atoms with Gasteiger partial charge >= 0.3 is 0 Å². The van der Waals surface area contributed by atoms with Crippen molar-refractivity contribution >= 4 is 40.9 Å². The number of primary amides is 2. The fourth-order valence-electron chi connectivity index (χ4n) is 3.26. The number of carbonyl (C=O) groups is 7. The number of nitrogens with two attached hydrogens (primary N) is 3. The molecule has 0 rings (SSSR count). The zero-order valence-corrected chi connectivity index (χ0v) is 21.2. The minimum absolute atomic E-state index is 0.0213. The highest BCUT2D eigenvalue weighted by atomic mass is 16.3. The molecule has 0 bridgehead atoms. The van der Waals surface area contributed by atoms with Gasteiger partial charge in [-0.25, -0.2) is 10.9 Å². The second-order valence-corrected chi connectivity index (χ2v) is 8.81. The molecule has 0 aliphatic carbocycles. The third-order valence-corrected chi connectivity index (χ3v) is 5.52. The summed E-state index contributed by atoms with van der Waals surface area (Å²) in [4.78, 5) is 84.3. The maximum atomic E-state index is 13.1. The van der Waals surface area contributed by atoms with Crippen molar-refractivity contribution in [2.24, 2.45) is 17.2 Å². The number of aliphatic hydroxyl groups is 1. The van der Waals surface area contributed by atoms with Crippen molar-refractivity contribution in [3.05, 3.63) is 12.7 Å². The zero-order chi connectivity index (χ0) is 28.8. The summed E-state index contributed by atoms with van der Waals surface area (Å²) in [5.74, 6) is -6.02. The molecule has 14 nitrogen and oxygen atoms in total. The first-order chi connectivity index (χ1) is 17.2. The normalized spacial score (nSPS) is 14.9. The van der Waals surface area contributed by atoms with Crippen LogP contribution < -0.4 is 33.4 Å². The summed E-state index contributed by atoms with van der Waals surface area (Å²) in [6.07, 6.45) is 1.70. The second-order valence-electron chi connectivity index (χ2n) is 8.81. The molecular weight excluding hydrogens is 488 g/mol. The Morgan fingerprint density at radius 3 is 1.97 bits per heavy atom. The first kappa shape index (κ1) is 33.7. The number of hydrogen-bond acceptors (Lipinski definition) is 11. The third kappa shape index (κ3) is 12.0. The topological polar surface area (TPSA) is 254 Å². The molecule has 14 heteroatoms. The summed E-state index contributed by atoms with van der Waals surface area (Å²) in [6, 6.07) is -3.97. The summed E-state index contributed by atoms with van der Waals surface area (Å²) in [6.45, 7) is 5.14. The number of amides is 3. The lowest BCUT2D eigenvalue weighted by atomic mass is 9.85. The van der Waals surface area contributed by atoms with Gasteiger partial charge in [0.25, 0.3) is 0 Å². The minimum Gasteiger partial charge on any atom is -0.394 e. The molecule has 0 saturated heterocycles. The van der Waals surface area contributed by atoms with Gasteiger partial charge in [-0.1, -0.05) is 6.08 Å². The van der Waals surface area contributed by atoms with E-state index < -0.39 is 71.1 Å². The van der Waals surface area contributed by atoms with Gasteiger partial charge in [0.15, 0.2) is 5.78 Å². The van der Waals surface area contributed by atoms with Crippen molar-refractivity contribution in [3.8, 4) is 0 Å². The van der Waals surface area contributed by atoms with Crippen molar-refractivity contribution in [3.63, 3.8) is 0 Å². The molecular formula is C23H38N6O8. The molecule has 0 aromatic rings. The maximum absolute atomic E-state index is 13.1. The Bertz CT molecular complexity index is 892. The van der Waals surface area contributed by atoms with Gasteiger partial charge in [-0.3, -0.25) is 33.6 Å². The van der Waals surface area contributed by atoms with Crippen molar-refractivity contribution in [1.82, 2.24) is 16.2 Å². The molecule has 0 aliphatic rings. The van der Waals surface area contributed by atoms with Crippen LogP contribution in [0.5, 0.6) is 0 Å². The largest absolute Gasteiger partial charge is 0.394 e. The van der Waals surface area contributed by atoms with Crippen molar-refractivity contribution in [2.75, 3.05) is 6.61 Å². The highest BCUT2D eigenvalue weighted by Crippen LogP contribution is 2.18. The first-order valence-corrected chi connectivity index (χ1v) is 11.7. The number of nitrogens with one attached hydrogen (secondary N) is 3. The highest BCUT2D eigenvalue weighted by Gasteiger charge is 2.41. The summed E-state index contributed by atoms with van der Waals surface area (Å²) in [7, 11) is 0. The SMILES string of the molecule is C=CCCC[C@@](C)(NC(=O)[C@H](CO)NN[C@@H](CCC(N)=O)C(=O)C(C)=O)C(=O)C(=O)[C@@H](N)CCC(N)=O. The van der Waals surface area contributed by atoms with E-state index in [1.807, 2.05) is 0 Å². The molecule has 208 valence electrons. The Kier molecular flexibility index (Phi) is 14.9. The fourth-order valence-corrected chi connectivity index (χ4v) is 3.26. The number of rotatable bonds is 21. The molecule has 10 N–H and O–H groups in total. The monoisotopic (exact) mass is 526 g/mol. The van der Waals surface area contributed by atoms with E-state index in [9.17, 15) is 38.7 Å². The number of carbonyl (C=O) groups excluding carboxylic acids is 7. The molecule has 0 aromatic heterocycles. The molecule has 0 spiro atoms. The van der Waals surface area contributed by atoms with Crippen molar-refractivity contribution in [1.29, 1.82) is 0 Å². The lowest BCUT2D eigenvalue weighted by Gasteiger charge is -2.31. The number of Topliss-reactive ketones (excluding diaryl/α,β-unsaturated/α-hetero) is 4. The molecule has 0 aromatic carbocycles. The number of ketones is 4. The van der Waals surface area contributed by atoms with Gasteiger partial charge in [-0.05, 0) is 39.0 Å². The van der Waals surface area contributed by atoms with Gasteiger partial charge in [-0.2, -0.15) is 0 Å². The first-order valence-electron chi connectivity index (χ1n) is 11.7.